The number of benzene rings is 3. The van der Waals surface area contributed by atoms with Crippen molar-refractivity contribution in [2.24, 2.45) is 5.92 Å². The quantitative estimate of drug-likeness (QED) is 0.100. The third kappa shape index (κ3) is 6.01. The van der Waals surface area contributed by atoms with Gasteiger partial charge in [-0.2, -0.15) is 0 Å². The number of ether oxygens (including phenoxy) is 2. The van der Waals surface area contributed by atoms with Crippen molar-refractivity contribution in [3.8, 4) is 0 Å². The zero-order valence-electron chi connectivity index (χ0n) is 24.5. The lowest BCUT2D eigenvalue weighted by molar-refractivity contribution is -0.384. The Bertz CT molecular complexity index is 1820. The molecule has 0 saturated heterocycles. The molecule has 4 atom stereocenters. The van der Waals surface area contributed by atoms with E-state index in [1.807, 2.05) is 30.3 Å². The summed E-state index contributed by atoms with van der Waals surface area (Å²) >= 11 is 0. The van der Waals surface area contributed by atoms with E-state index in [1.165, 1.54) is 35.4 Å². The lowest BCUT2D eigenvalue weighted by Gasteiger charge is -2.20. The van der Waals surface area contributed by atoms with Gasteiger partial charge < -0.3 is 19.2 Å². The average Bonchev–Trinajstić information content (AvgIpc) is 3.79. The molecule has 2 aliphatic carbocycles. The van der Waals surface area contributed by atoms with Crippen LogP contribution in [0.15, 0.2) is 95.9 Å². The number of aryl methyl sites for hydroxylation is 1. The van der Waals surface area contributed by atoms with E-state index in [9.17, 15) is 14.9 Å². The van der Waals surface area contributed by atoms with Crippen LogP contribution in [-0.2, 0) is 22.5 Å². The highest BCUT2D eigenvalue weighted by Gasteiger charge is 2.40. The van der Waals surface area contributed by atoms with Crippen molar-refractivity contribution in [3.05, 3.63) is 129 Å². The number of nitro benzene ring substituents is 1. The minimum Gasteiger partial charge on any atom is -0.458 e. The number of hydrogen-bond donors (Lipinski definition) is 1. The van der Waals surface area contributed by atoms with Crippen molar-refractivity contribution in [2.45, 2.75) is 50.4 Å². The van der Waals surface area contributed by atoms with Gasteiger partial charge in [-0.15, -0.1) is 0 Å². The molecule has 10 heteroatoms. The molecule has 0 radical (unpaired) electrons. The zero-order valence-corrected chi connectivity index (χ0v) is 24.5. The summed E-state index contributed by atoms with van der Waals surface area (Å²) in [7, 11) is 0. The second-order valence-corrected chi connectivity index (χ2v) is 11.7. The fourth-order valence-electron chi connectivity index (χ4n) is 6.62. The Labute approximate surface area is 259 Å². The molecule has 2 aliphatic rings. The molecule has 1 saturated carbocycles. The van der Waals surface area contributed by atoms with Gasteiger partial charge in [-0.1, -0.05) is 54.6 Å². The molecule has 0 bridgehead atoms. The molecule has 1 N–H and O–H groups in total. The average molecular weight is 605 g/mol. The Balaban J connectivity index is 1.10. The van der Waals surface area contributed by atoms with Crippen molar-refractivity contribution >= 4 is 28.6 Å². The number of esters is 1. The van der Waals surface area contributed by atoms with Gasteiger partial charge in [-0.3, -0.25) is 10.1 Å². The van der Waals surface area contributed by atoms with Crippen molar-refractivity contribution in [1.82, 2.24) is 9.97 Å². The van der Waals surface area contributed by atoms with Crippen LogP contribution in [0.5, 0.6) is 0 Å². The van der Waals surface area contributed by atoms with E-state index in [-0.39, 0.29) is 29.1 Å². The fourth-order valence-corrected chi connectivity index (χ4v) is 6.62. The maximum absolute atomic E-state index is 13.1. The maximum Gasteiger partial charge on any atom is 0.338 e. The SMILES string of the molecule is O=C(O[C@H]1C[C@H](c2coc3c(N[C@H]4CCc5ccccc54)ncnc23)C[C@H]1COCc1ccccc1)c1ccc([N+](=O)[O-])cc1. The number of nitrogens with one attached hydrogen (secondary N) is 1. The summed E-state index contributed by atoms with van der Waals surface area (Å²) in [6, 6.07) is 24.0. The van der Waals surface area contributed by atoms with Gasteiger partial charge >= 0.3 is 5.97 Å². The van der Waals surface area contributed by atoms with E-state index in [0.717, 1.165) is 29.5 Å². The van der Waals surface area contributed by atoms with Crippen molar-refractivity contribution in [2.75, 3.05) is 11.9 Å². The fraction of sp³-hybridized carbons (Fsp3) is 0.286. The molecule has 5 aromatic rings. The smallest absolute Gasteiger partial charge is 0.338 e. The van der Waals surface area contributed by atoms with Gasteiger partial charge in [-0.25, -0.2) is 14.8 Å². The molecule has 10 nitrogen and oxygen atoms in total. The standard InChI is InChI=1S/C35H32N4O6/c40-35(24-10-13-27(14-11-24)39(41)42)45-31-17-25(16-26(31)19-43-18-22-6-2-1-3-7-22)29-20-44-33-32(29)36-21-37-34(33)38-30-15-12-23-8-4-5-9-28(23)30/h1-11,13-14,20-21,25-26,30-31H,12,15-19H2,(H,36,37,38)/t25-,26+,30+,31+/m1/s1. The van der Waals surface area contributed by atoms with Crippen molar-refractivity contribution < 1.29 is 23.6 Å². The van der Waals surface area contributed by atoms with Crippen LogP contribution in [0.1, 0.15) is 63.8 Å². The molecule has 3 aromatic carbocycles. The number of nitro groups is 1. The lowest BCUT2D eigenvalue weighted by atomic mass is 9.98. The topological polar surface area (TPSA) is 130 Å². The normalized spacial score (nSPS) is 20.6. The van der Waals surface area contributed by atoms with Crippen LogP contribution in [0, 0.1) is 16.0 Å². The third-order valence-electron chi connectivity index (χ3n) is 8.91. The summed E-state index contributed by atoms with van der Waals surface area (Å²) < 4.78 is 18.2. The van der Waals surface area contributed by atoms with Crippen molar-refractivity contribution in [3.63, 3.8) is 0 Å². The van der Waals surface area contributed by atoms with E-state index < -0.39 is 17.0 Å². The van der Waals surface area contributed by atoms with E-state index >= 15 is 0 Å². The molecule has 0 spiro atoms. The van der Waals surface area contributed by atoms with E-state index in [0.29, 0.717) is 37.5 Å². The Kier molecular flexibility index (Phi) is 7.96. The number of hydrogen-bond acceptors (Lipinski definition) is 9. The number of rotatable bonds is 10. The molecule has 2 heterocycles. The molecule has 228 valence electrons. The van der Waals surface area contributed by atoms with Crippen LogP contribution < -0.4 is 5.32 Å². The summed E-state index contributed by atoms with van der Waals surface area (Å²) in [5.41, 5.74) is 6.18. The minimum absolute atomic E-state index is 0.0150. The predicted molar refractivity (Wildman–Crippen MR) is 167 cm³/mol. The van der Waals surface area contributed by atoms with Crippen LogP contribution in [0.3, 0.4) is 0 Å². The van der Waals surface area contributed by atoms with Gasteiger partial charge in [0, 0.05) is 23.6 Å². The van der Waals surface area contributed by atoms with Crippen LogP contribution >= 0.6 is 0 Å². The first-order valence-corrected chi connectivity index (χ1v) is 15.2. The molecule has 2 aromatic heterocycles. The Morgan fingerprint density at radius 1 is 0.978 bits per heavy atom. The summed E-state index contributed by atoms with van der Waals surface area (Å²) in [5.74, 6) is 0.0856. The number of anilines is 1. The van der Waals surface area contributed by atoms with Crippen LogP contribution in [-0.4, -0.2) is 33.6 Å². The maximum atomic E-state index is 13.1. The molecule has 1 fully saturated rings. The van der Waals surface area contributed by atoms with E-state index in [2.05, 4.69) is 39.6 Å². The lowest BCUT2D eigenvalue weighted by Crippen LogP contribution is -2.25. The van der Waals surface area contributed by atoms with Gasteiger partial charge in [0.1, 0.15) is 17.9 Å². The molecular formula is C35H32N4O6. The summed E-state index contributed by atoms with van der Waals surface area (Å²) in [4.78, 5) is 32.8. The van der Waals surface area contributed by atoms with E-state index in [4.69, 9.17) is 13.9 Å². The number of carbonyl (C=O) groups is 1. The molecule has 45 heavy (non-hydrogen) atoms. The predicted octanol–water partition coefficient (Wildman–Crippen LogP) is 7.17. The number of carbonyl (C=O) groups excluding carboxylic acids is 1. The minimum atomic E-state index is -0.522. The molecular weight excluding hydrogens is 572 g/mol. The highest BCUT2D eigenvalue weighted by molar-refractivity contribution is 5.90. The van der Waals surface area contributed by atoms with E-state index in [1.54, 1.807) is 12.6 Å². The van der Waals surface area contributed by atoms with Crippen molar-refractivity contribution in [1.29, 1.82) is 0 Å². The Morgan fingerprint density at radius 3 is 2.60 bits per heavy atom. The zero-order chi connectivity index (χ0) is 30.8. The van der Waals surface area contributed by atoms with Crippen LogP contribution in [0.2, 0.25) is 0 Å². The van der Waals surface area contributed by atoms with Crippen LogP contribution in [0.25, 0.3) is 11.1 Å². The third-order valence-corrected chi connectivity index (χ3v) is 8.91. The highest BCUT2D eigenvalue weighted by Crippen LogP contribution is 2.44. The molecule has 0 amide bonds. The summed E-state index contributed by atoms with van der Waals surface area (Å²) in [6.07, 6.45) is 6.16. The Morgan fingerprint density at radius 2 is 1.78 bits per heavy atom. The van der Waals surface area contributed by atoms with Gasteiger partial charge in [0.25, 0.3) is 5.69 Å². The van der Waals surface area contributed by atoms with Gasteiger partial charge in [0.2, 0.25) is 0 Å². The van der Waals surface area contributed by atoms with Gasteiger partial charge in [0.15, 0.2) is 11.4 Å². The number of fused-ring (bicyclic) bond motifs is 2. The molecule has 7 rings (SSSR count). The number of non-ortho nitro benzene ring substituents is 1. The number of aromatic nitrogens is 2. The van der Waals surface area contributed by atoms with Gasteiger partial charge in [0.05, 0.1) is 36.0 Å². The van der Waals surface area contributed by atoms with Crippen LogP contribution in [0.4, 0.5) is 11.5 Å². The molecule has 0 aliphatic heterocycles. The first-order valence-electron chi connectivity index (χ1n) is 15.2. The number of furan rings is 1. The summed E-state index contributed by atoms with van der Waals surface area (Å²) in [6.45, 7) is 0.856. The van der Waals surface area contributed by atoms with Gasteiger partial charge in [-0.05, 0) is 60.4 Å². The number of nitrogens with zero attached hydrogens (tertiary/aromatic N) is 3. The second kappa shape index (κ2) is 12.5. The summed E-state index contributed by atoms with van der Waals surface area (Å²) in [5, 5.41) is 14.6. The Hall–Kier alpha value is -5.09. The second-order valence-electron chi connectivity index (χ2n) is 11.7. The largest absolute Gasteiger partial charge is 0.458 e. The first-order chi connectivity index (χ1) is 22.0. The first kappa shape index (κ1) is 28.7. The molecule has 0 unspecified atom stereocenters. The highest BCUT2D eigenvalue weighted by atomic mass is 16.6. The monoisotopic (exact) mass is 604 g/mol.